The summed E-state index contributed by atoms with van der Waals surface area (Å²) in [7, 11) is 5.60. The van der Waals surface area contributed by atoms with Crippen molar-refractivity contribution in [1.82, 2.24) is 14.7 Å². The highest BCUT2D eigenvalue weighted by atomic mass is 32.2. The summed E-state index contributed by atoms with van der Waals surface area (Å²) in [6, 6.07) is 22.0. The number of piperazine rings is 1. The molecule has 0 aliphatic carbocycles. The van der Waals surface area contributed by atoms with Crippen LogP contribution in [-0.4, -0.2) is 91.3 Å². The molecule has 0 saturated carbocycles. The summed E-state index contributed by atoms with van der Waals surface area (Å²) < 4.78 is 12.4. The Balaban J connectivity index is 1.16. The molecule has 224 valence electrons. The minimum atomic E-state index is -0.157. The number of amides is 2. The molecule has 2 saturated heterocycles. The van der Waals surface area contributed by atoms with Crippen molar-refractivity contribution in [3.63, 3.8) is 0 Å². The molecule has 3 aromatic rings. The number of hydrogen-bond acceptors (Lipinski definition) is 8. The lowest BCUT2D eigenvalue weighted by atomic mass is 10.2. The minimum absolute atomic E-state index is 0.0606. The van der Waals surface area contributed by atoms with Crippen LogP contribution in [0, 0.1) is 0 Å². The highest BCUT2D eigenvalue weighted by molar-refractivity contribution is 8.27. The Morgan fingerprint density at radius 3 is 2.30 bits per heavy atom. The number of carbonyl (C=O) groups excluding carboxylic acids is 2. The van der Waals surface area contributed by atoms with Gasteiger partial charge in [0.25, 0.3) is 11.8 Å². The van der Waals surface area contributed by atoms with Gasteiger partial charge in [0.1, 0.15) is 17.2 Å². The second-order valence-corrected chi connectivity index (χ2v) is 12.4. The first kappa shape index (κ1) is 30.7. The van der Waals surface area contributed by atoms with Crippen LogP contribution in [0.25, 0.3) is 6.08 Å². The molecule has 0 bridgehead atoms. The molecule has 0 spiro atoms. The van der Waals surface area contributed by atoms with Gasteiger partial charge in [-0.15, -0.1) is 0 Å². The monoisotopic (exact) mass is 616 g/mol. The predicted octanol–water partition coefficient (Wildman–Crippen LogP) is 5.60. The minimum Gasteiger partial charge on any atom is -0.493 e. The van der Waals surface area contributed by atoms with Crippen molar-refractivity contribution in [2.24, 2.45) is 0 Å². The van der Waals surface area contributed by atoms with Gasteiger partial charge in [-0.2, -0.15) is 0 Å². The fourth-order valence-corrected chi connectivity index (χ4v) is 6.09. The molecule has 0 atom stereocenters. The molecule has 2 fully saturated rings. The van der Waals surface area contributed by atoms with Crippen molar-refractivity contribution in [1.29, 1.82) is 0 Å². The van der Waals surface area contributed by atoms with Crippen molar-refractivity contribution in [2.45, 2.75) is 6.42 Å². The van der Waals surface area contributed by atoms with E-state index >= 15 is 0 Å². The average molecular weight is 617 g/mol. The number of rotatable bonds is 10. The Bertz CT molecular complexity index is 1480. The number of thioether (sulfide) groups is 1. The molecule has 8 nitrogen and oxygen atoms in total. The highest BCUT2D eigenvalue weighted by Gasteiger charge is 2.33. The molecule has 0 unspecified atom stereocenters. The zero-order valence-electron chi connectivity index (χ0n) is 24.7. The van der Waals surface area contributed by atoms with Gasteiger partial charge in [-0.05, 0) is 73.6 Å². The largest absolute Gasteiger partial charge is 0.493 e. The van der Waals surface area contributed by atoms with Gasteiger partial charge >= 0.3 is 0 Å². The van der Waals surface area contributed by atoms with E-state index in [1.54, 1.807) is 43.3 Å². The number of ether oxygens (including phenoxy) is 2. The van der Waals surface area contributed by atoms with Gasteiger partial charge in [0.05, 0.1) is 17.2 Å². The summed E-state index contributed by atoms with van der Waals surface area (Å²) in [5.41, 5.74) is 2.16. The number of hydrogen-bond donors (Lipinski definition) is 0. The number of carbonyl (C=O) groups is 2. The fraction of sp³-hybridized carbons (Fsp3) is 0.303. The zero-order valence-corrected chi connectivity index (χ0v) is 26.3. The first-order valence-electron chi connectivity index (χ1n) is 14.3. The van der Waals surface area contributed by atoms with Gasteiger partial charge in [-0.25, -0.2) is 0 Å². The van der Waals surface area contributed by atoms with Crippen LogP contribution in [0.1, 0.15) is 22.3 Å². The van der Waals surface area contributed by atoms with Crippen molar-refractivity contribution in [3.05, 3.63) is 88.8 Å². The van der Waals surface area contributed by atoms with Crippen molar-refractivity contribution in [2.75, 3.05) is 65.4 Å². The maximum Gasteiger partial charge on any atom is 0.270 e. The molecule has 43 heavy (non-hydrogen) atoms. The smallest absolute Gasteiger partial charge is 0.270 e. The summed E-state index contributed by atoms with van der Waals surface area (Å²) in [6.45, 7) is 6.06. The molecule has 5 rings (SSSR count). The lowest BCUT2D eigenvalue weighted by Gasteiger charge is -2.32. The average Bonchev–Trinajstić information content (AvgIpc) is 3.29. The van der Waals surface area contributed by atoms with Crippen LogP contribution in [-0.2, 0) is 4.79 Å². The lowest BCUT2D eigenvalue weighted by Crippen LogP contribution is -2.44. The van der Waals surface area contributed by atoms with E-state index in [1.807, 2.05) is 54.6 Å². The summed E-state index contributed by atoms with van der Waals surface area (Å²) >= 11 is 6.87. The van der Waals surface area contributed by atoms with E-state index in [1.165, 1.54) is 16.7 Å². The summed E-state index contributed by atoms with van der Waals surface area (Å²) in [6.07, 6.45) is 2.79. The van der Waals surface area contributed by atoms with Gasteiger partial charge in [-0.1, -0.05) is 42.2 Å². The molecule has 10 heteroatoms. The Morgan fingerprint density at radius 1 is 0.953 bits per heavy atom. The summed E-state index contributed by atoms with van der Waals surface area (Å²) in [4.78, 5) is 33.9. The van der Waals surface area contributed by atoms with E-state index in [0.717, 1.165) is 50.5 Å². The molecule has 3 aromatic carbocycles. The maximum absolute atomic E-state index is 13.4. The molecule has 0 radical (unpaired) electrons. The van der Waals surface area contributed by atoms with Gasteiger partial charge in [0.2, 0.25) is 0 Å². The molecule has 0 aromatic heterocycles. The molecular weight excluding hydrogens is 581 g/mol. The Morgan fingerprint density at radius 2 is 1.63 bits per heavy atom. The number of nitrogens with zero attached hydrogens (tertiary/aromatic N) is 4. The zero-order chi connectivity index (χ0) is 30.3. The summed E-state index contributed by atoms with van der Waals surface area (Å²) in [5.74, 6) is 1.79. The van der Waals surface area contributed by atoms with Gasteiger partial charge in [0, 0.05) is 58.4 Å². The second kappa shape index (κ2) is 14.2. The number of anilines is 1. The van der Waals surface area contributed by atoms with Crippen LogP contribution >= 0.6 is 24.0 Å². The standard InChI is InChI=1S/C33H36N4O4S2/c1-34(2)31(38)25-10-14-28(15-11-25)41-27-12-8-24(9-13-27)22-30-32(39)37(33(42)43-30)26-6-4-7-29(23-26)40-21-5-16-36-19-17-35(3)18-20-36/h4,6-15,22-23H,5,16-21H2,1-3H3. The Labute approximate surface area is 262 Å². The third-order valence-electron chi connectivity index (χ3n) is 7.27. The van der Waals surface area contributed by atoms with Crippen LogP contribution in [0.2, 0.25) is 0 Å². The number of likely N-dealkylation sites (N-methyl/N-ethyl adjacent to an activating group) is 1. The van der Waals surface area contributed by atoms with E-state index in [9.17, 15) is 9.59 Å². The number of benzene rings is 3. The van der Waals surface area contributed by atoms with Crippen molar-refractivity contribution >= 4 is 51.9 Å². The number of thiocarbonyl (C=S) groups is 1. The molecular formula is C33H36N4O4S2. The van der Waals surface area contributed by atoms with Gasteiger partial charge in [0.15, 0.2) is 4.32 Å². The van der Waals surface area contributed by atoms with Crippen molar-refractivity contribution in [3.8, 4) is 17.2 Å². The third-order valence-corrected chi connectivity index (χ3v) is 8.58. The lowest BCUT2D eigenvalue weighted by molar-refractivity contribution is -0.113. The third kappa shape index (κ3) is 8.03. The van der Waals surface area contributed by atoms with E-state index in [-0.39, 0.29) is 11.8 Å². The first-order valence-corrected chi connectivity index (χ1v) is 15.5. The van der Waals surface area contributed by atoms with E-state index in [0.29, 0.717) is 38.6 Å². The van der Waals surface area contributed by atoms with Crippen LogP contribution < -0.4 is 14.4 Å². The van der Waals surface area contributed by atoms with Crippen molar-refractivity contribution < 1.29 is 19.1 Å². The molecule has 0 N–H and O–H groups in total. The summed E-state index contributed by atoms with van der Waals surface area (Å²) in [5, 5.41) is 0. The SMILES string of the molecule is CN1CCN(CCCOc2cccc(N3C(=O)C(=Cc4ccc(Oc5ccc(C(=O)N(C)C)cc5)cc4)SC3=S)c2)CC1. The molecule has 2 aliphatic heterocycles. The van der Waals surface area contributed by atoms with Crippen LogP contribution in [0.15, 0.2) is 77.7 Å². The van der Waals surface area contributed by atoms with Crippen LogP contribution in [0.3, 0.4) is 0 Å². The predicted molar refractivity (Wildman–Crippen MR) is 177 cm³/mol. The van der Waals surface area contributed by atoms with Crippen LogP contribution in [0.4, 0.5) is 5.69 Å². The fourth-order valence-electron chi connectivity index (χ4n) is 4.80. The second-order valence-electron chi connectivity index (χ2n) is 10.8. The normalized spacial score (nSPS) is 17.0. The van der Waals surface area contributed by atoms with Crippen LogP contribution in [0.5, 0.6) is 17.2 Å². The molecule has 2 heterocycles. The quantitative estimate of drug-likeness (QED) is 0.166. The maximum atomic E-state index is 13.4. The highest BCUT2D eigenvalue weighted by Crippen LogP contribution is 2.37. The Kier molecular flexibility index (Phi) is 10.1. The first-order chi connectivity index (χ1) is 20.8. The van der Waals surface area contributed by atoms with Gasteiger partial charge in [-0.3, -0.25) is 14.5 Å². The van der Waals surface area contributed by atoms with E-state index in [2.05, 4.69) is 16.8 Å². The topological polar surface area (TPSA) is 65.6 Å². The van der Waals surface area contributed by atoms with E-state index < -0.39 is 0 Å². The Hall–Kier alpha value is -3.70. The molecule has 2 aliphatic rings. The molecule has 2 amide bonds. The van der Waals surface area contributed by atoms with Gasteiger partial charge < -0.3 is 24.2 Å². The van der Waals surface area contributed by atoms with E-state index in [4.69, 9.17) is 21.7 Å².